The first-order valence-corrected chi connectivity index (χ1v) is 14.9. The number of esters is 1. The molecule has 0 bridgehead atoms. The number of ether oxygens (including phenoxy) is 2. The topological polar surface area (TPSA) is 92.8 Å². The Morgan fingerprint density at radius 1 is 0.929 bits per heavy atom. The number of benzene rings is 4. The van der Waals surface area contributed by atoms with Gasteiger partial charge in [-0.25, -0.2) is 10.2 Å². The minimum atomic E-state index is -0.517. The van der Waals surface area contributed by atoms with Crippen molar-refractivity contribution in [2.24, 2.45) is 5.10 Å². The van der Waals surface area contributed by atoms with Gasteiger partial charge in [-0.15, -0.1) is 0 Å². The van der Waals surface area contributed by atoms with E-state index in [1.165, 1.54) is 6.21 Å². The van der Waals surface area contributed by atoms with Crippen molar-refractivity contribution in [3.8, 4) is 22.6 Å². The number of hydrazone groups is 1. The number of amides is 1. The molecule has 0 atom stereocenters. The molecule has 0 aliphatic heterocycles. The van der Waals surface area contributed by atoms with Crippen LogP contribution in [0.3, 0.4) is 0 Å². The van der Waals surface area contributed by atoms with Crippen molar-refractivity contribution in [3.63, 3.8) is 0 Å². The van der Waals surface area contributed by atoms with Gasteiger partial charge in [-0.05, 0) is 73.2 Å². The second-order valence-corrected chi connectivity index (χ2v) is 11.5. The van der Waals surface area contributed by atoms with Gasteiger partial charge in [-0.1, -0.05) is 73.3 Å². The molecule has 0 saturated heterocycles. The van der Waals surface area contributed by atoms with Gasteiger partial charge in [-0.3, -0.25) is 4.79 Å². The van der Waals surface area contributed by atoms with Crippen LogP contribution in [0.25, 0.3) is 22.0 Å². The van der Waals surface area contributed by atoms with Crippen molar-refractivity contribution in [3.05, 3.63) is 115 Å². The van der Waals surface area contributed by atoms with E-state index in [2.05, 4.69) is 47.4 Å². The third kappa shape index (κ3) is 6.55. The average molecular weight is 730 g/mol. The fraction of sp³-hybridized carbons (Fsp3) is 0.0645. The fourth-order valence-electron chi connectivity index (χ4n) is 4.26. The van der Waals surface area contributed by atoms with Gasteiger partial charge >= 0.3 is 5.97 Å². The summed E-state index contributed by atoms with van der Waals surface area (Å²) in [5, 5.41) is 5.80. The van der Waals surface area contributed by atoms with Crippen molar-refractivity contribution in [2.75, 3.05) is 6.61 Å². The standard InChI is InChI=1S/C31H21Br2Cl2N3O4/c1-2-41-26-13-17(7-12-25(26)42-31(40)18-8-10-19(32)11-9-18)16-36-38-30(39)29-27(21-5-3-4-6-23(21)34)22-14-20(33)15-24(35)28(22)37-29/h3-16,37H,2H2,1H3,(H,38,39). The Morgan fingerprint density at radius 3 is 2.43 bits per heavy atom. The van der Waals surface area contributed by atoms with Crippen LogP contribution >= 0.6 is 55.1 Å². The zero-order chi connectivity index (χ0) is 29.8. The Labute approximate surface area is 268 Å². The minimum absolute atomic E-state index is 0.250. The number of hydrogen-bond acceptors (Lipinski definition) is 5. The SMILES string of the molecule is CCOc1cc(C=NNC(=O)c2[nH]c3c(Cl)cc(Br)cc3c2-c2ccccc2Cl)ccc1OC(=O)c1ccc(Br)cc1. The van der Waals surface area contributed by atoms with Crippen LogP contribution in [0.1, 0.15) is 33.3 Å². The van der Waals surface area contributed by atoms with Crippen LogP contribution in [0.5, 0.6) is 11.5 Å². The van der Waals surface area contributed by atoms with Crippen molar-refractivity contribution < 1.29 is 19.1 Å². The summed E-state index contributed by atoms with van der Waals surface area (Å²) in [4.78, 5) is 29.1. The molecule has 0 unspecified atom stereocenters. The first kappa shape index (κ1) is 29.8. The van der Waals surface area contributed by atoms with Crippen LogP contribution in [0.4, 0.5) is 0 Å². The molecule has 1 amide bonds. The van der Waals surface area contributed by atoms with E-state index in [9.17, 15) is 9.59 Å². The molecule has 0 fully saturated rings. The minimum Gasteiger partial charge on any atom is -0.490 e. The predicted molar refractivity (Wildman–Crippen MR) is 173 cm³/mol. The van der Waals surface area contributed by atoms with Gasteiger partial charge in [0, 0.05) is 30.5 Å². The first-order chi connectivity index (χ1) is 20.2. The molecular weight excluding hydrogens is 709 g/mol. The Bertz CT molecular complexity index is 1840. The summed E-state index contributed by atoms with van der Waals surface area (Å²) >= 11 is 19.8. The highest BCUT2D eigenvalue weighted by Crippen LogP contribution is 2.40. The largest absolute Gasteiger partial charge is 0.490 e. The molecule has 212 valence electrons. The van der Waals surface area contributed by atoms with E-state index < -0.39 is 11.9 Å². The van der Waals surface area contributed by atoms with Crippen molar-refractivity contribution in [2.45, 2.75) is 6.92 Å². The monoisotopic (exact) mass is 727 g/mol. The number of nitrogens with one attached hydrogen (secondary N) is 2. The van der Waals surface area contributed by atoms with Crippen molar-refractivity contribution in [1.29, 1.82) is 0 Å². The molecule has 42 heavy (non-hydrogen) atoms. The van der Waals surface area contributed by atoms with Crippen LogP contribution < -0.4 is 14.9 Å². The number of halogens is 4. The molecule has 1 aromatic heterocycles. The Morgan fingerprint density at radius 2 is 1.69 bits per heavy atom. The lowest BCUT2D eigenvalue weighted by Crippen LogP contribution is -2.19. The molecule has 2 N–H and O–H groups in total. The van der Waals surface area contributed by atoms with Crippen molar-refractivity contribution >= 4 is 84.1 Å². The summed E-state index contributed by atoms with van der Waals surface area (Å²) in [5.41, 5.74) is 5.69. The maximum Gasteiger partial charge on any atom is 0.343 e. The Kier molecular flexibility index (Phi) is 9.33. The van der Waals surface area contributed by atoms with Gasteiger partial charge < -0.3 is 14.5 Å². The number of aromatic amines is 1. The quantitative estimate of drug-likeness (QED) is 0.0722. The highest BCUT2D eigenvalue weighted by Gasteiger charge is 2.22. The van der Waals surface area contributed by atoms with E-state index in [1.807, 2.05) is 31.2 Å². The zero-order valence-corrected chi connectivity index (χ0v) is 26.6. The predicted octanol–water partition coefficient (Wildman–Crippen LogP) is 9.05. The van der Waals surface area contributed by atoms with E-state index >= 15 is 0 Å². The smallest absolute Gasteiger partial charge is 0.343 e. The Balaban J connectivity index is 1.39. The van der Waals surface area contributed by atoms with Crippen molar-refractivity contribution in [1.82, 2.24) is 10.4 Å². The van der Waals surface area contributed by atoms with Gasteiger partial charge in [0.1, 0.15) is 5.69 Å². The number of rotatable bonds is 8. The molecule has 5 aromatic rings. The zero-order valence-electron chi connectivity index (χ0n) is 21.9. The van der Waals surface area contributed by atoms with Gasteiger partial charge in [0.25, 0.3) is 5.91 Å². The summed E-state index contributed by atoms with van der Waals surface area (Å²) in [7, 11) is 0. The van der Waals surface area contributed by atoms with Crippen LogP contribution in [0.2, 0.25) is 10.0 Å². The molecule has 11 heteroatoms. The third-order valence-electron chi connectivity index (χ3n) is 6.12. The van der Waals surface area contributed by atoms with E-state index in [0.717, 1.165) is 14.3 Å². The van der Waals surface area contributed by atoms with Crippen LogP contribution in [-0.2, 0) is 0 Å². The summed E-state index contributed by atoms with van der Waals surface area (Å²) in [6.07, 6.45) is 1.46. The number of nitrogens with zero attached hydrogens (tertiary/aromatic N) is 1. The Hall–Kier alpha value is -3.63. The molecule has 4 aromatic carbocycles. The summed E-state index contributed by atoms with van der Waals surface area (Å²) in [6, 6.07) is 22.7. The highest BCUT2D eigenvalue weighted by atomic mass is 79.9. The first-order valence-electron chi connectivity index (χ1n) is 12.6. The molecule has 7 nitrogen and oxygen atoms in total. The normalized spacial score (nSPS) is 11.2. The van der Waals surface area contributed by atoms with E-state index in [0.29, 0.717) is 50.2 Å². The number of carbonyl (C=O) groups excluding carboxylic acids is 2. The molecule has 0 radical (unpaired) electrons. The van der Waals surface area contributed by atoms with E-state index in [1.54, 1.807) is 54.6 Å². The lowest BCUT2D eigenvalue weighted by atomic mass is 10.0. The van der Waals surface area contributed by atoms with Crippen LogP contribution in [0.15, 0.2) is 92.9 Å². The summed E-state index contributed by atoms with van der Waals surface area (Å²) < 4.78 is 12.9. The van der Waals surface area contributed by atoms with Crippen LogP contribution in [-0.4, -0.2) is 29.7 Å². The van der Waals surface area contributed by atoms with Gasteiger partial charge in [-0.2, -0.15) is 5.10 Å². The number of fused-ring (bicyclic) bond motifs is 1. The lowest BCUT2D eigenvalue weighted by Gasteiger charge is -2.11. The molecule has 5 rings (SSSR count). The second kappa shape index (κ2) is 13.1. The molecular formula is C31H21Br2Cl2N3O4. The number of carbonyl (C=O) groups is 2. The van der Waals surface area contributed by atoms with Gasteiger partial charge in [0.2, 0.25) is 0 Å². The molecule has 0 aliphatic carbocycles. The maximum atomic E-state index is 13.4. The fourth-order valence-corrected chi connectivity index (χ4v) is 5.61. The highest BCUT2D eigenvalue weighted by molar-refractivity contribution is 9.10. The van der Waals surface area contributed by atoms with Gasteiger partial charge in [0.15, 0.2) is 11.5 Å². The van der Waals surface area contributed by atoms with Crippen LogP contribution in [0, 0.1) is 0 Å². The lowest BCUT2D eigenvalue weighted by molar-refractivity contribution is 0.0728. The van der Waals surface area contributed by atoms with E-state index in [-0.39, 0.29) is 11.4 Å². The molecule has 0 spiro atoms. The summed E-state index contributed by atoms with van der Waals surface area (Å²) in [6.45, 7) is 2.17. The second-order valence-electron chi connectivity index (χ2n) is 8.90. The number of H-pyrrole nitrogens is 1. The molecule has 0 aliphatic rings. The molecule has 0 saturated carbocycles. The van der Waals surface area contributed by atoms with Gasteiger partial charge in [0.05, 0.1) is 28.9 Å². The molecule has 1 heterocycles. The summed E-state index contributed by atoms with van der Waals surface area (Å²) in [5.74, 6) is -0.391. The maximum absolute atomic E-state index is 13.4. The number of hydrogen-bond donors (Lipinski definition) is 2. The average Bonchev–Trinajstić information content (AvgIpc) is 3.34. The number of aromatic nitrogens is 1. The van der Waals surface area contributed by atoms with E-state index in [4.69, 9.17) is 32.7 Å². The third-order valence-corrected chi connectivity index (χ3v) is 7.74.